The van der Waals surface area contributed by atoms with Crippen molar-refractivity contribution < 1.29 is 52.4 Å². The molecule has 4 aliphatic heterocycles. The third kappa shape index (κ3) is 13.4. The molecule has 12 heteroatoms. The fraction of sp³-hybridized carbons (Fsp3) is 0.711. The number of hydrogen-bond acceptors (Lipinski definition) is 11. The number of nitrogens with zero attached hydrogens (tertiary/aromatic N) is 1. The average molecular weight is 798 g/mol. The van der Waals surface area contributed by atoms with E-state index in [1.165, 1.54) is 12.0 Å². The Balaban J connectivity index is 1.58. The van der Waals surface area contributed by atoms with E-state index in [2.05, 4.69) is 13.0 Å². The molecule has 3 fully saturated rings. The van der Waals surface area contributed by atoms with Crippen LogP contribution in [-0.4, -0.2) is 111 Å². The van der Waals surface area contributed by atoms with Crippen molar-refractivity contribution in [1.82, 2.24) is 4.90 Å². The van der Waals surface area contributed by atoms with Crippen LogP contribution in [0, 0.1) is 23.7 Å². The molecular formula is C45H67NO11. The fourth-order valence-electron chi connectivity index (χ4n) is 8.02. The summed E-state index contributed by atoms with van der Waals surface area (Å²) in [5, 5.41) is 0. The summed E-state index contributed by atoms with van der Waals surface area (Å²) in [6, 6.07) is -0.963. The van der Waals surface area contributed by atoms with Gasteiger partial charge in [-0.05, 0) is 70.3 Å². The van der Waals surface area contributed by atoms with Crippen molar-refractivity contribution in [3.8, 4) is 0 Å². The van der Waals surface area contributed by atoms with Crippen LogP contribution < -0.4 is 0 Å². The molecule has 318 valence electrons. The number of cyclic esters (lactones) is 1. The zero-order valence-electron chi connectivity index (χ0n) is 35.3. The number of methoxy groups -OCH3 is 1. The molecule has 4 aliphatic rings. The first kappa shape index (κ1) is 46.4. The number of rotatable bonds is 6. The van der Waals surface area contributed by atoms with Crippen LogP contribution in [0.25, 0.3) is 0 Å². The van der Waals surface area contributed by atoms with Gasteiger partial charge in [-0.15, -0.1) is 0 Å². The number of esters is 1. The predicted octanol–water partition coefficient (Wildman–Crippen LogP) is 6.45. The van der Waals surface area contributed by atoms with Gasteiger partial charge in [0.1, 0.15) is 23.7 Å². The summed E-state index contributed by atoms with van der Waals surface area (Å²) in [5.41, 5.74) is 1.91. The second-order valence-corrected chi connectivity index (χ2v) is 16.5. The molecule has 8 unspecified atom stereocenters. The van der Waals surface area contributed by atoms with Gasteiger partial charge >= 0.3 is 5.97 Å². The van der Waals surface area contributed by atoms with Crippen LogP contribution in [0.5, 0.6) is 0 Å². The zero-order chi connectivity index (χ0) is 41.5. The van der Waals surface area contributed by atoms with E-state index in [1.807, 2.05) is 58.1 Å². The first-order valence-corrected chi connectivity index (χ1v) is 21.1. The standard InChI is InChI=1S/C45H67NO11/c1-30-13-9-8-10-14-32(3)41(55-24-23-54-37-28-53-29-37)27-36-18-17-35(6)45(52-7,57-36)42(49)43(50)46-21-12-11-15-38(46)44(51)56-22-20-40(48)34(5)26-31(2)16-19-39(47)33(4)25-30/h8-10,13-14,26,30,33-38,41H,11-12,15-25,27-29H2,1-7H3. The molecule has 0 spiro atoms. The van der Waals surface area contributed by atoms with E-state index in [9.17, 15) is 24.0 Å². The molecule has 8 atom stereocenters. The highest BCUT2D eigenvalue weighted by Crippen LogP contribution is 2.39. The van der Waals surface area contributed by atoms with Crippen molar-refractivity contribution in [2.75, 3.05) is 46.7 Å². The number of carbonyl (C=O) groups excluding carboxylic acids is 5. The Morgan fingerprint density at radius 2 is 1.60 bits per heavy atom. The molecule has 4 heterocycles. The number of hydrogen-bond donors (Lipinski definition) is 0. The third-order valence-corrected chi connectivity index (χ3v) is 11.8. The minimum atomic E-state index is -1.85. The highest BCUT2D eigenvalue weighted by Gasteiger charge is 2.54. The molecule has 0 N–H and O–H groups in total. The van der Waals surface area contributed by atoms with Crippen molar-refractivity contribution in [1.29, 1.82) is 0 Å². The maximum Gasteiger partial charge on any atom is 0.328 e. The first-order chi connectivity index (χ1) is 27.2. The van der Waals surface area contributed by atoms with E-state index < -0.39 is 47.4 Å². The summed E-state index contributed by atoms with van der Waals surface area (Å²) in [6.07, 6.45) is 16.0. The molecule has 0 aliphatic carbocycles. The van der Waals surface area contributed by atoms with Gasteiger partial charge in [0.05, 0.1) is 45.2 Å². The summed E-state index contributed by atoms with van der Waals surface area (Å²) < 4.78 is 35.4. The Morgan fingerprint density at radius 1 is 0.842 bits per heavy atom. The topological polar surface area (TPSA) is 144 Å². The lowest BCUT2D eigenvalue weighted by atomic mass is 9.85. The monoisotopic (exact) mass is 797 g/mol. The lowest BCUT2D eigenvalue weighted by molar-refractivity contribution is -0.277. The molecule has 0 aromatic heterocycles. The summed E-state index contributed by atoms with van der Waals surface area (Å²) in [4.78, 5) is 69.1. The molecular weight excluding hydrogens is 730 g/mol. The van der Waals surface area contributed by atoms with Gasteiger partial charge in [0, 0.05) is 50.7 Å². The van der Waals surface area contributed by atoms with Crippen molar-refractivity contribution in [2.45, 2.75) is 136 Å². The molecule has 12 nitrogen and oxygen atoms in total. The highest BCUT2D eigenvalue weighted by atomic mass is 16.7. The predicted molar refractivity (Wildman–Crippen MR) is 215 cm³/mol. The smallest absolute Gasteiger partial charge is 0.328 e. The van der Waals surface area contributed by atoms with Gasteiger partial charge in [0.25, 0.3) is 11.7 Å². The Kier molecular flexibility index (Phi) is 18.5. The number of fused-ring (bicyclic) bond motifs is 3. The second-order valence-electron chi connectivity index (χ2n) is 16.5. The van der Waals surface area contributed by atoms with Crippen LogP contribution >= 0.6 is 0 Å². The molecule has 4 rings (SSSR count). The Labute approximate surface area is 339 Å². The van der Waals surface area contributed by atoms with Crippen LogP contribution in [0.15, 0.2) is 47.6 Å². The van der Waals surface area contributed by atoms with Crippen LogP contribution in [-0.2, 0) is 52.4 Å². The number of amides is 1. The van der Waals surface area contributed by atoms with Gasteiger partial charge < -0.3 is 33.3 Å². The number of piperidine rings is 1. The lowest BCUT2D eigenvalue weighted by Crippen LogP contribution is -2.61. The Morgan fingerprint density at radius 3 is 2.32 bits per heavy atom. The molecule has 0 aromatic rings. The summed E-state index contributed by atoms with van der Waals surface area (Å²) >= 11 is 0. The Hall–Kier alpha value is -3.29. The van der Waals surface area contributed by atoms with E-state index in [4.69, 9.17) is 28.4 Å². The highest BCUT2D eigenvalue weighted by molar-refractivity contribution is 6.39. The van der Waals surface area contributed by atoms with Crippen molar-refractivity contribution in [3.05, 3.63) is 47.6 Å². The van der Waals surface area contributed by atoms with Crippen molar-refractivity contribution in [3.63, 3.8) is 0 Å². The minimum absolute atomic E-state index is 0.00818. The zero-order valence-corrected chi connectivity index (χ0v) is 35.3. The van der Waals surface area contributed by atoms with Gasteiger partial charge in [0.15, 0.2) is 0 Å². The van der Waals surface area contributed by atoms with Gasteiger partial charge in [-0.2, -0.15) is 0 Å². The van der Waals surface area contributed by atoms with E-state index in [0.717, 1.165) is 17.6 Å². The van der Waals surface area contributed by atoms with Crippen LogP contribution in [0.4, 0.5) is 0 Å². The van der Waals surface area contributed by atoms with Crippen LogP contribution in [0.3, 0.4) is 0 Å². The van der Waals surface area contributed by atoms with Gasteiger partial charge in [0.2, 0.25) is 5.79 Å². The number of Topliss-reactive ketones (excluding diaryl/α,β-unsaturated/α-hetero) is 3. The molecule has 1 amide bonds. The Bertz CT molecular complexity index is 1510. The molecule has 3 saturated heterocycles. The molecule has 0 saturated carbocycles. The molecule has 0 radical (unpaired) electrons. The second kappa shape index (κ2) is 22.8. The quantitative estimate of drug-likeness (QED) is 0.127. The van der Waals surface area contributed by atoms with E-state index in [1.54, 1.807) is 6.92 Å². The largest absolute Gasteiger partial charge is 0.464 e. The fourth-order valence-corrected chi connectivity index (χ4v) is 8.02. The lowest BCUT2D eigenvalue weighted by Gasteiger charge is -2.44. The van der Waals surface area contributed by atoms with Gasteiger partial charge in [-0.3, -0.25) is 19.2 Å². The number of ether oxygens (including phenoxy) is 6. The summed E-state index contributed by atoms with van der Waals surface area (Å²) in [5.74, 6) is -4.84. The minimum Gasteiger partial charge on any atom is -0.464 e. The van der Waals surface area contributed by atoms with Crippen molar-refractivity contribution >= 4 is 29.2 Å². The van der Waals surface area contributed by atoms with Gasteiger partial charge in [-0.25, -0.2) is 4.79 Å². The summed E-state index contributed by atoms with van der Waals surface area (Å²) in [6.45, 7) is 13.6. The average Bonchev–Trinajstić information content (AvgIpc) is 3.17. The normalized spacial score (nSPS) is 32.9. The van der Waals surface area contributed by atoms with Gasteiger partial charge in [-0.1, -0.05) is 69.7 Å². The third-order valence-electron chi connectivity index (χ3n) is 11.8. The number of carbonyl (C=O) groups is 5. The van der Waals surface area contributed by atoms with E-state index in [-0.39, 0.29) is 55.2 Å². The molecule has 2 bridgehead atoms. The van der Waals surface area contributed by atoms with E-state index in [0.29, 0.717) is 77.8 Å². The number of allylic oxidation sites excluding steroid dienone is 7. The SMILES string of the molecule is COC12OC(CCC1C)CC(OCCOC1COC1)C(C)=CC=CC=CC(C)CC(C)C(=O)CCC(C)=CC(C)C(=O)CCOC(=O)C1CCCCN1C(=O)C2=O. The molecule has 0 aromatic carbocycles. The number of ketones is 3. The molecule has 57 heavy (non-hydrogen) atoms. The van der Waals surface area contributed by atoms with Crippen LogP contribution in [0.2, 0.25) is 0 Å². The van der Waals surface area contributed by atoms with Crippen molar-refractivity contribution in [2.24, 2.45) is 23.7 Å². The van der Waals surface area contributed by atoms with Crippen LogP contribution in [0.1, 0.15) is 106 Å². The summed E-state index contributed by atoms with van der Waals surface area (Å²) in [7, 11) is 1.38. The first-order valence-electron chi connectivity index (χ1n) is 21.1. The van der Waals surface area contributed by atoms with E-state index >= 15 is 0 Å². The maximum absolute atomic E-state index is 14.3. The maximum atomic E-state index is 14.3.